The lowest BCUT2D eigenvalue weighted by molar-refractivity contribution is 0.302. The van der Waals surface area contributed by atoms with Crippen LogP contribution in [-0.4, -0.2) is 9.97 Å². The minimum Gasteiger partial charge on any atom is -0.487 e. The van der Waals surface area contributed by atoms with Crippen LogP contribution in [-0.2, 0) is 6.61 Å². The molecule has 0 fully saturated rings. The van der Waals surface area contributed by atoms with Gasteiger partial charge in [-0.25, -0.2) is 9.97 Å². The normalized spacial score (nSPS) is 10.3. The van der Waals surface area contributed by atoms with Crippen molar-refractivity contribution in [3.63, 3.8) is 0 Å². The van der Waals surface area contributed by atoms with Gasteiger partial charge in [0.25, 0.3) is 0 Å². The first-order chi connectivity index (χ1) is 8.15. The van der Waals surface area contributed by atoms with Crippen LogP contribution < -0.4 is 4.74 Å². The zero-order valence-electron chi connectivity index (χ0n) is 9.15. The highest BCUT2D eigenvalue weighted by molar-refractivity contribution is 14.1. The average Bonchev–Trinajstić information content (AvgIpc) is 2.28. The fourth-order valence-corrected chi connectivity index (χ4v) is 2.10. The lowest BCUT2D eigenvalue weighted by Crippen LogP contribution is -1.99. The minimum atomic E-state index is 0.464. The van der Waals surface area contributed by atoms with E-state index < -0.39 is 0 Å². The number of hydrogen-bond donors (Lipinski definition) is 0. The molecule has 0 saturated carbocycles. The molecule has 2 aromatic heterocycles. The van der Waals surface area contributed by atoms with Crippen molar-refractivity contribution in [3.05, 3.63) is 50.6 Å². The number of hydrogen-bond acceptors (Lipinski definition) is 3. The number of rotatable bonds is 3. The lowest BCUT2D eigenvalue weighted by Gasteiger charge is -2.08. The van der Waals surface area contributed by atoms with Crippen LogP contribution in [0.15, 0.2) is 30.5 Å². The summed E-state index contributed by atoms with van der Waals surface area (Å²) in [4.78, 5) is 8.25. The van der Waals surface area contributed by atoms with Crippen LogP contribution in [0.2, 0.25) is 5.15 Å². The molecule has 0 saturated heterocycles. The number of pyridine rings is 2. The van der Waals surface area contributed by atoms with Crippen molar-refractivity contribution in [1.82, 2.24) is 9.97 Å². The van der Waals surface area contributed by atoms with Crippen LogP contribution in [0.3, 0.4) is 0 Å². The maximum absolute atomic E-state index is 5.80. The number of aromatic nitrogens is 2. The van der Waals surface area contributed by atoms with Gasteiger partial charge in [-0.3, -0.25) is 0 Å². The quantitative estimate of drug-likeness (QED) is 0.619. The largest absolute Gasteiger partial charge is 0.487 e. The molecule has 17 heavy (non-hydrogen) atoms. The molecular formula is C12H10ClIN2O. The summed E-state index contributed by atoms with van der Waals surface area (Å²) in [5.41, 5.74) is 1.88. The van der Waals surface area contributed by atoms with E-state index in [0.29, 0.717) is 11.8 Å². The summed E-state index contributed by atoms with van der Waals surface area (Å²) in [5, 5.41) is 0.476. The topological polar surface area (TPSA) is 35.0 Å². The van der Waals surface area contributed by atoms with Gasteiger partial charge in [0.15, 0.2) is 0 Å². The molecule has 0 amide bonds. The molecule has 2 heterocycles. The summed E-state index contributed by atoms with van der Waals surface area (Å²) in [5.74, 6) is 0.790. The van der Waals surface area contributed by atoms with Gasteiger partial charge in [-0.2, -0.15) is 0 Å². The fourth-order valence-electron chi connectivity index (χ4n) is 1.36. The Bertz CT molecular complexity index is 534. The van der Waals surface area contributed by atoms with Crippen molar-refractivity contribution in [1.29, 1.82) is 0 Å². The molecule has 0 aliphatic heterocycles. The smallest absolute Gasteiger partial charge is 0.141 e. The number of ether oxygens (including phenoxy) is 1. The number of halogens is 2. The number of nitrogens with zero attached hydrogens (tertiary/aromatic N) is 2. The monoisotopic (exact) mass is 360 g/mol. The Morgan fingerprint density at radius 1 is 1.35 bits per heavy atom. The predicted octanol–water partition coefficient (Wildman–Crippen LogP) is 3.62. The van der Waals surface area contributed by atoms with Gasteiger partial charge in [-0.15, -0.1) is 0 Å². The van der Waals surface area contributed by atoms with E-state index in [4.69, 9.17) is 16.3 Å². The van der Waals surface area contributed by atoms with Crippen LogP contribution >= 0.6 is 34.2 Å². The van der Waals surface area contributed by atoms with E-state index in [1.165, 1.54) is 0 Å². The van der Waals surface area contributed by atoms with Crippen LogP contribution in [0.4, 0.5) is 0 Å². The van der Waals surface area contributed by atoms with Crippen molar-refractivity contribution in [2.75, 3.05) is 0 Å². The van der Waals surface area contributed by atoms with E-state index in [2.05, 4.69) is 32.6 Å². The molecule has 88 valence electrons. The molecule has 3 nitrogen and oxygen atoms in total. The van der Waals surface area contributed by atoms with Crippen LogP contribution in [0, 0.1) is 10.6 Å². The highest BCUT2D eigenvalue weighted by atomic mass is 127. The number of aryl methyl sites for hydroxylation is 1. The fraction of sp³-hybridized carbons (Fsp3) is 0.167. The standard InChI is InChI=1S/C12H10ClIN2O/c1-8-10(2-3-12(14)16-8)17-7-9-4-5-15-11(13)6-9/h2-6H,7H2,1H3. The summed E-state index contributed by atoms with van der Waals surface area (Å²) in [7, 11) is 0. The van der Waals surface area contributed by atoms with Crippen LogP contribution in [0.5, 0.6) is 5.75 Å². The Hall–Kier alpha value is -0.880. The lowest BCUT2D eigenvalue weighted by atomic mass is 10.3. The van der Waals surface area contributed by atoms with Crippen molar-refractivity contribution < 1.29 is 4.74 Å². The molecule has 0 bridgehead atoms. The molecule has 0 N–H and O–H groups in total. The Kier molecular flexibility index (Phi) is 4.17. The van der Waals surface area contributed by atoms with E-state index in [1.54, 1.807) is 12.3 Å². The molecule has 2 rings (SSSR count). The summed E-state index contributed by atoms with van der Waals surface area (Å²) >= 11 is 7.97. The first-order valence-electron chi connectivity index (χ1n) is 5.01. The third-order valence-corrected chi connectivity index (χ3v) is 3.00. The zero-order valence-corrected chi connectivity index (χ0v) is 12.1. The SMILES string of the molecule is Cc1nc(I)ccc1OCc1ccnc(Cl)c1. The van der Waals surface area contributed by atoms with Crippen molar-refractivity contribution in [3.8, 4) is 5.75 Å². The van der Waals surface area contributed by atoms with Gasteiger partial charge in [0, 0.05) is 6.20 Å². The Morgan fingerprint density at radius 3 is 2.88 bits per heavy atom. The highest BCUT2D eigenvalue weighted by Crippen LogP contribution is 2.18. The second-order valence-corrected chi connectivity index (χ2v) is 4.99. The molecule has 2 aromatic rings. The van der Waals surface area contributed by atoms with Gasteiger partial charge >= 0.3 is 0 Å². The van der Waals surface area contributed by atoms with E-state index in [-0.39, 0.29) is 0 Å². The highest BCUT2D eigenvalue weighted by Gasteiger charge is 2.02. The van der Waals surface area contributed by atoms with Crippen molar-refractivity contribution >= 4 is 34.2 Å². The predicted molar refractivity (Wildman–Crippen MR) is 75.3 cm³/mol. The maximum Gasteiger partial charge on any atom is 0.141 e. The maximum atomic E-state index is 5.80. The molecule has 0 radical (unpaired) electrons. The second-order valence-electron chi connectivity index (χ2n) is 3.49. The first-order valence-corrected chi connectivity index (χ1v) is 6.47. The zero-order chi connectivity index (χ0) is 12.3. The van der Waals surface area contributed by atoms with E-state index >= 15 is 0 Å². The molecule has 0 spiro atoms. The summed E-state index contributed by atoms with van der Waals surface area (Å²) < 4.78 is 6.64. The molecule has 0 aliphatic rings. The van der Waals surface area contributed by atoms with Gasteiger partial charge in [-0.1, -0.05) is 11.6 Å². The minimum absolute atomic E-state index is 0.464. The van der Waals surface area contributed by atoms with Crippen molar-refractivity contribution in [2.45, 2.75) is 13.5 Å². The van der Waals surface area contributed by atoms with E-state index in [9.17, 15) is 0 Å². The van der Waals surface area contributed by atoms with Gasteiger partial charge in [-0.05, 0) is 59.3 Å². The van der Waals surface area contributed by atoms with E-state index in [1.807, 2.05) is 25.1 Å². The van der Waals surface area contributed by atoms with Gasteiger partial charge in [0.2, 0.25) is 0 Å². The third kappa shape index (κ3) is 3.54. The molecular weight excluding hydrogens is 351 g/mol. The molecule has 5 heteroatoms. The Labute approximate surface area is 118 Å². The second kappa shape index (κ2) is 5.64. The van der Waals surface area contributed by atoms with Gasteiger partial charge < -0.3 is 4.74 Å². The van der Waals surface area contributed by atoms with Gasteiger partial charge in [0.1, 0.15) is 21.2 Å². The summed E-state index contributed by atoms with van der Waals surface area (Å²) in [6.07, 6.45) is 1.67. The molecule has 0 unspecified atom stereocenters. The average molecular weight is 361 g/mol. The summed E-state index contributed by atoms with van der Waals surface area (Å²) in [6.45, 7) is 2.39. The first kappa shape index (κ1) is 12.6. The molecule has 0 aromatic carbocycles. The third-order valence-electron chi connectivity index (χ3n) is 2.19. The van der Waals surface area contributed by atoms with Gasteiger partial charge in [0.05, 0.1) is 5.69 Å². The Morgan fingerprint density at radius 2 is 2.18 bits per heavy atom. The van der Waals surface area contributed by atoms with Crippen LogP contribution in [0.1, 0.15) is 11.3 Å². The molecule has 0 atom stereocenters. The summed E-state index contributed by atoms with van der Waals surface area (Å²) in [6, 6.07) is 7.51. The van der Waals surface area contributed by atoms with Crippen molar-refractivity contribution in [2.24, 2.45) is 0 Å². The van der Waals surface area contributed by atoms with Crippen LogP contribution in [0.25, 0.3) is 0 Å². The molecule has 0 aliphatic carbocycles. The Balaban J connectivity index is 2.07. The van der Waals surface area contributed by atoms with E-state index in [0.717, 1.165) is 20.7 Å².